The largest absolute Gasteiger partial charge is 0.465 e. The second kappa shape index (κ2) is 16.3. The molecular weight excluding hydrogens is 715 g/mol. The number of rotatable bonds is 14. The molecule has 0 spiro atoms. The van der Waals surface area contributed by atoms with Gasteiger partial charge in [0.15, 0.2) is 33.3 Å². The lowest BCUT2D eigenvalue weighted by atomic mass is 9.88. The highest BCUT2D eigenvalue weighted by molar-refractivity contribution is 6.75. The smallest absolute Gasteiger partial charge is 0.366 e. The van der Waals surface area contributed by atoms with Crippen molar-refractivity contribution in [2.75, 3.05) is 20.8 Å². The highest BCUT2D eigenvalue weighted by atomic mass is 28.4. The van der Waals surface area contributed by atoms with Crippen LogP contribution in [0.1, 0.15) is 96.4 Å². The molecule has 0 radical (unpaired) electrons. The molecule has 0 aromatic heterocycles. The minimum absolute atomic E-state index is 0.0190. The molecule has 0 saturated carbocycles. The number of carbonyl (C=O) groups is 2. The van der Waals surface area contributed by atoms with E-state index in [2.05, 4.69) is 141 Å². The van der Waals surface area contributed by atoms with Gasteiger partial charge in [-0.05, 0) is 72.5 Å². The van der Waals surface area contributed by atoms with Crippen LogP contribution >= 0.6 is 0 Å². The normalized spacial score (nSPS) is 24.6. The number of esters is 1. The van der Waals surface area contributed by atoms with Crippen molar-refractivity contribution in [2.24, 2.45) is 0 Å². The first-order valence-electron chi connectivity index (χ1n) is 18.7. The van der Waals surface area contributed by atoms with E-state index in [0.717, 1.165) is 0 Å². The Morgan fingerprint density at radius 3 is 1.53 bits per heavy atom. The topological polar surface area (TPSA) is 111 Å². The summed E-state index contributed by atoms with van der Waals surface area (Å²) >= 11 is 0. The van der Waals surface area contributed by atoms with E-state index in [-0.39, 0.29) is 39.1 Å². The lowest BCUT2D eigenvalue weighted by Gasteiger charge is -2.54. The fourth-order valence-corrected chi connectivity index (χ4v) is 9.91. The van der Waals surface area contributed by atoms with E-state index in [9.17, 15) is 9.59 Å². The number of nitrogens with one attached hydrogen (secondary N) is 1. The Kier molecular flexibility index (Phi) is 15.6. The maximum atomic E-state index is 13.8. The fourth-order valence-electron chi connectivity index (χ4n) is 4.93. The third kappa shape index (κ3) is 11.8. The number of methoxy groups -OCH3 is 2. The van der Waals surface area contributed by atoms with E-state index in [1.807, 2.05) is 0 Å². The zero-order valence-corrected chi connectivity index (χ0v) is 41.0. The zero-order chi connectivity index (χ0) is 40.6. The van der Waals surface area contributed by atoms with Gasteiger partial charge in [-0.2, -0.15) is 0 Å². The summed E-state index contributed by atoms with van der Waals surface area (Å²) in [4.78, 5) is 26.9. The van der Waals surface area contributed by atoms with Crippen molar-refractivity contribution in [1.29, 1.82) is 0 Å². The molecule has 0 bridgehead atoms. The lowest BCUT2D eigenvalue weighted by Crippen LogP contribution is -2.71. The molecule has 1 aliphatic heterocycles. The van der Waals surface area contributed by atoms with Crippen LogP contribution in [0.3, 0.4) is 0 Å². The molecule has 1 saturated heterocycles. The van der Waals surface area contributed by atoms with Gasteiger partial charge in [-0.3, -0.25) is 4.79 Å². The second-order valence-electron chi connectivity index (χ2n) is 20.7. The Bertz CT molecular complexity index is 1180. The van der Waals surface area contributed by atoms with E-state index in [0.29, 0.717) is 0 Å². The van der Waals surface area contributed by atoms with Gasteiger partial charge in [0.05, 0.1) is 32.0 Å². The van der Waals surface area contributed by atoms with Gasteiger partial charge in [0.1, 0.15) is 12.2 Å². The summed E-state index contributed by atoms with van der Waals surface area (Å²) in [5, 5.41) is 2.67. The third-order valence-electron chi connectivity index (χ3n) is 12.6. The number of hydrogen-bond acceptors (Lipinski definition) is 9. The van der Waals surface area contributed by atoms with Gasteiger partial charge >= 0.3 is 5.97 Å². The van der Waals surface area contributed by atoms with Gasteiger partial charge in [0, 0.05) is 20.5 Å². The van der Waals surface area contributed by atoms with Gasteiger partial charge < -0.3 is 37.2 Å². The van der Waals surface area contributed by atoms with Gasteiger partial charge in [-0.15, -0.1) is 0 Å². The third-order valence-corrected chi connectivity index (χ3v) is 30.6. The van der Waals surface area contributed by atoms with Crippen molar-refractivity contribution in [1.82, 2.24) is 5.32 Å². The number of hydrogen-bond donors (Lipinski definition) is 1. The Morgan fingerprint density at radius 1 is 0.725 bits per heavy atom. The lowest BCUT2D eigenvalue weighted by molar-refractivity contribution is -0.301. The highest BCUT2D eigenvalue weighted by Gasteiger charge is 2.60. The summed E-state index contributed by atoms with van der Waals surface area (Å²) in [6.07, 6.45) is -3.00. The minimum Gasteiger partial charge on any atom is -0.465 e. The molecule has 1 N–H and O–H groups in total. The zero-order valence-electron chi connectivity index (χ0n) is 37.0. The molecule has 14 heteroatoms. The molecule has 0 aliphatic carbocycles. The number of carbonyl (C=O) groups excluding carboxylic acids is 2. The van der Waals surface area contributed by atoms with Crippen LogP contribution < -0.4 is 5.32 Å². The first-order valence-corrected chi connectivity index (χ1v) is 30.3. The molecule has 0 aromatic rings. The molecular formula is C37H79NO9Si4. The molecule has 0 aromatic carbocycles. The van der Waals surface area contributed by atoms with Crippen LogP contribution in [0.5, 0.6) is 0 Å². The molecule has 1 heterocycles. The van der Waals surface area contributed by atoms with Crippen LogP contribution in [0, 0.1) is 0 Å². The van der Waals surface area contributed by atoms with Crippen LogP contribution in [-0.2, 0) is 41.5 Å². The van der Waals surface area contributed by atoms with Crippen molar-refractivity contribution < 1.29 is 41.5 Å². The number of amides is 1. The molecule has 1 amide bonds. The Labute approximate surface area is 317 Å². The Balaban J connectivity index is 4.33. The van der Waals surface area contributed by atoms with Crippen LogP contribution in [0.2, 0.25) is 72.5 Å². The van der Waals surface area contributed by atoms with Crippen molar-refractivity contribution in [2.45, 2.75) is 205 Å². The monoisotopic (exact) mass is 793 g/mol. The standard InChI is InChI=1S/C37H79NO9Si4/c1-26(39)38-29-27(45-49(18,19)34(5,6)7)24-37(42-15,32(40)41-14)44-31(29)30(47-51(22,23)36(11,12)13)28(46-50(20,21)35(8,9)10)25-43-48(16,17)33(2,3)4/h27-31H,24-25H2,1-23H3,(H,38,39)/t27-,28+,29+,30+,31+,37-/m0/s1. The molecule has 0 unspecified atom stereocenters. The molecule has 1 aliphatic rings. The average Bonchev–Trinajstić information content (AvgIpc) is 2.91. The predicted molar refractivity (Wildman–Crippen MR) is 218 cm³/mol. The molecule has 51 heavy (non-hydrogen) atoms. The fraction of sp³-hybridized carbons (Fsp3) is 0.946. The summed E-state index contributed by atoms with van der Waals surface area (Å²) < 4.78 is 47.2. The van der Waals surface area contributed by atoms with Crippen LogP contribution in [0.25, 0.3) is 0 Å². The summed E-state index contributed by atoms with van der Waals surface area (Å²) in [5.74, 6) is -2.74. The van der Waals surface area contributed by atoms with Crippen molar-refractivity contribution >= 4 is 45.1 Å². The predicted octanol–water partition coefficient (Wildman–Crippen LogP) is 8.99. The molecule has 6 atom stereocenters. The first-order chi connectivity index (χ1) is 22.4. The summed E-state index contributed by atoms with van der Waals surface area (Å²) in [6.45, 7) is 45.7. The van der Waals surface area contributed by atoms with Crippen molar-refractivity contribution in [3.8, 4) is 0 Å². The van der Waals surface area contributed by atoms with Gasteiger partial charge in [-0.1, -0.05) is 83.1 Å². The van der Waals surface area contributed by atoms with E-state index < -0.39 is 75.5 Å². The molecule has 1 rings (SSSR count). The Morgan fingerprint density at radius 2 is 1.16 bits per heavy atom. The van der Waals surface area contributed by atoms with Gasteiger partial charge in [0.25, 0.3) is 5.79 Å². The van der Waals surface area contributed by atoms with Crippen molar-refractivity contribution in [3.63, 3.8) is 0 Å². The van der Waals surface area contributed by atoms with E-state index >= 15 is 0 Å². The SMILES string of the molecule is COC(=O)[C@]1(OC)C[C@H](O[Si](C)(C)C(C)(C)C)[C@@H](NC(C)=O)[C@H]([C@H](O[Si](C)(C)C(C)(C)C)[C@@H](CO[Si](C)(C)C(C)(C)C)O[Si](C)(C)C(C)(C)C)O1. The second-order valence-corrected chi connectivity index (χ2v) is 39.8. The van der Waals surface area contributed by atoms with Crippen molar-refractivity contribution in [3.05, 3.63) is 0 Å². The number of ether oxygens (including phenoxy) is 3. The van der Waals surface area contributed by atoms with E-state index in [1.54, 1.807) is 0 Å². The van der Waals surface area contributed by atoms with Gasteiger partial charge in [0.2, 0.25) is 5.91 Å². The Hall–Kier alpha value is -0.432. The highest BCUT2D eigenvalue weighted by Crippen LogP contribution is 2.46. The summed E-state index contributed by atoms with van der Waals surface area (Å²) in [7, 11) is -7.08. The summed E-state index contributed by atoms with van der Waals surface area (Å²) in [5.41, 5.74) is 0. The average molecular weight is 794 g/mol. The summed E-state index contributed by atoms with van der Waals surface area (Å²) in [6, 6.07) is -0.710. The molecule has 302 valence electrons. The maximum absolute atomic E-state index is 13.8. The molecule has 1 fully saturated rings. The van der Waals surface area contributed by atoms with Crippen LogP contribution in [0.15, 0.2) is 0 Å². The van der Waals surface area contributed by atoms with E-state index in [1.165, 1.54) is 21.1 Å². The molecule has 10 nitrogen and oxygen atoms in total. The first kappa shape index (κ1) is 48.6. The van der Waals surface area contributed by atoms with E-state index in [4.69, 9.17) is 31.9 Å². The van der Waals surface area contributed by atoms with Crippen LogP contribution in [0.4, 0.5) is 0 Å². The quantitative estimate of drug-likeness (QED) is 0.136. The maximum Gasteiger partial charge on any atom is 0.366 e. The minimum atomic E-state index is -2.60. The van der Waals surface area contributed by atoms with Gasteiger partial charge in [-0.25, -0.2) is 4.79 Å². The van der Waals surface area contributed by atoms with Crippen LogP contribution in [-0.4, -0.2) is 102 Å².